The van der Waals surface area contributed by atoms with E-state index in [1.807, 2.05) is 29.6 Å². The first-order valence-corrected chi connectivity index (χ1v) is 9.50. The Hall–Kier alpha value is -2.29. The van der Waals surface area contributed by atoms with Crippen LogP contribution in [0.5, 0.6) is 0 Å². The minimum atomic E-state index is -0.177. The molecule has 0 bridgehead atoms. The summed E-state index contributed by atoms with van der Waals surface area (Å²) in [6.45, 7) is 1.70. The number of nitrogens with one attached hydrogen (secondary N) is 1. The van der Waals surface area contributed by atoms with E-state index in [2.05, 4.69) is 15.4 Å². The summed E-state index contributed by atoms with van der Waals surface area (Å²) in [6.07, 6.45) is 2.33. The molecular formula is C18H20N4O3S. The van der Waals surface area contributed by atoms with E-state index < -0.39 is 0 Å². The summed E-state index contributed by atoms with van der Waals surface area (Å²) in [5.41, 5.74) is 3.63. The molecule has 1 N–H and O–H groups in total. The van der Waals surface area contributed by atoms with Gasteiger partial charge in [0.25, 0.3) is 0 Å². The van der Waals surface area contributed by atoms with E-state index in [1.54, 1.807) is 16.4 Å². The summed E-state index contributed by atoms with van der Waals surface area (Å²) in [5.74, 6) is -0.0759. The third-order valence-electron chi connectivity index (χ3n) is 4.42. The van der Waals surface area contributed by atoms with Crippen LogP contribution in [0.2, 0.25) is 0 Å². The number of carbonyl (C=O) groups excluding carboxylic acids is 1. The molecule has 0 aliphatic carbocycles. The van der Waals surface area contributed by atoms with Gasteiger partial charge in [0.15, 0.2) is 0 Å². The number of nitrogens with zero attached hydrogens (tertiary/aromatic N) is 3. The van der Waals surface area contributed by atoms with Gasteiger partial charge < -0.3 is 14.8 Å². The van der Waals surface area contributed by atoms with Crippen molar-refractivity contribution in [1.82, 2.24) is 20.1 Å². The van der Waals surface area contributed by atoms with Gasteiger partial charge in [0.1, 0.15) is 12.6 Å². The molecule has 3 heterocycles. The fraction of sp³-hybridized carbons (Fsp3) is 0.389. The fourth-order valence-corrected chi connectivity index (χ4v) is 3.63. The highest BCUT2D eigenvalue weighted by molar-refractivity contribution is 7.07. The first-order chi connectivity index (χ1) is 12.8. The number of hydrogen-bond donors (Lipinski definition) is 1. The van der Waals surface area contributed by atoms with Crippen LogP contribution in [0.3, 0.4) is 0 Å². The van der Waals surface area contributed by atoms with Gasteiger partial charge in [0.2, 0.25) is 5.91 Å². The van der Waals surface area contributed by atoms with Crippen LogP contribution < -0.4 is 5.32 Å². The Kier molecular flexibility index (Phi) is 5.24. The summed E-state index contributed by atoms with van der Waals surface area (Å²) < 4.78 is 13.2. The van der Waals surface area contributed by atoms with Crippen molar-refractivity contribution >= 4 is 28.1 Å². The Morgan fingerprint density at radius 1 is 1.42 bits per heavy atom. The molecule has 136 valence electrons. The number of aromatic nitrogens is 3. The molecular weight excluding hydrogens is 352 g/mol. The van der Waals surface area contributed by atoms with Gasteiger partial charge in [-0.2, -0.15) is 5.10 Å². The number of benzene rings is 1. The predicted octanol–water partition coefficient (Wildman–Crippen LogP) is 1.98. The van der Waals surface area contributed by atoms with Crippen LogP contribution >= 0.6 is 11.3 Å². The first kappa shape index (κ1) is 17.1. The van der Waals surface area contributed by atoms with Crippen LogP contribution in [0.1, 0.15) is 12.1 Å². The van der Waals surface area contributed by atoms with Crippen molar-refractivity contribution in [3.8, 4) is 0 Å². The quantitative estimate of drug-likeness (QED) is 0.716. The van der Waals surface area contributed by atoms with Gasteiger partial charge >= 0.3 is 0 Å². The zero-order chi connectivity index (χ0) is 17.8. The third-order valence-corrected chi connectivity index (χ3v) is 5.06. The Balaban J connectivity index is 1.37. The maximum Gasteiger partial charge on any atom is 0.242 e. The van der Waals surface area contributed by atoms with Gasteiger partial charge in [-0.25, -0.2) is 4.98 Å². The first-order valence-electron chi connectivity index (χ1n) is 8.56. The lowest BCUT2D eigenvalue weighted by Gasteiger charge is -2.32. The molecule has 1 amide bonds. The molecule has 1 fully saturated rings. The van der Waals surface area contributed by atoms with E-state index in [4.69, 9.17) is 9.47 Å². The van der Waals surface area contributed by atoms with Crippen LogP contribution in [0, 0.1) is 0 Å². The Bertz CT molecular complexity index is 864. The number of thiazole rings is 1. The smallest absolute Gasteiger partial charge is 0.242 e. The molecule has 2 aromatic heterocycles. The van der Waals surface area contributed by atoms with Crippen LogP contribution in [0.4, 0.5) is 0 Å². The molecule has 0 spiro atoms. The Morgan fingerprint density at radius 2 is 2.35 bits per heavy atom. The normalized spacial score (nSPS) is 20.3. The maximum atomic E-state index is 12.5. The molecule has 7 nitrogen and oxygen atoms in total. The fourth-order valence-electron chi connectivity index (χ4n) is 3.08. The standard InChI is InChI=1S/C18H20N4O3S/c23-18(8-22-16-4-2-1-3-13(16)7-20-22)21-15-5-6-24-10-17(15)25-9-14-11-26-12-19-14/h1-4,7,11-12,15,17H,5-6,8-10H2,(H,21,23)/t15-,17-/m1/s1. The van der Waals surface area contributed by atoms with Gasteiger partial charge in [-0.15, -0.1) is 11.3 Å². The van der Waals surface area contributed by atoms with Gasteiger partial charge in [0, 0.05) is 17.4 Å². The molecule has 1 aliphatic rings. The largest absolute Gasteiger partial charge is 0.379 e. The number of ether oxygens (including phenoxy) is 2. The minimum Gasteiger partial charge on any atom is -0.379 e. The summed E-state index contributed by atoms with van der Waals surface area (Å²) in [6, 6.07) is 7.78. The number of carbonyl (C=O) groups is 1. The van der Waals surface area contributed by atoms with Gasteiger partial charge in [-0.1, -0.05) is 18.2 Å². The lowest BCUT2D eigenvalue weighted by atomic mass is 10.1. The molecule has 1 aromatic carbocycles. The zero-order valence-corrected chi connectivity index (χ0v) is 15.0. The molecule has 0 radical (unpaired) electrons. The highest BCUT2D eigenvalue weighted by Gasteiger charge is 2.28. The molecule has 1 saturated heterocycles. The number of para-hydroxylation sites is 1. The average molecular weight is 372 g/mol. The van der Waals surface area contributed by atoms with Crippen molar-refractivity contribution in [3.05, 3.63) is 47.0 Å². The number of amides is 1. The highest BCUT2D eigenvalue weighted by Crippen LogP contribution is 2.15. The van der Waals surface area contributed by atoms with E-state index in [0.717, 1.165) is 23.0 Å². The molecule has 8 heteroatoms. The topological polar surface area (TPSA) is 78.3 Å². The summed E-state index contributed by atoms with van der Waals surface area (Å²) in [7, 11) is 0. The third kappa shape index (κ3) is 3.92. The number of rotatable bonds is 6. The van der Waals surface area contributed by atoms with E-state index in [9.17, 15) is 4.79 Å². The molecule has 4 rings (SSSR count). The van der Waals surface area contributed by atoms with Crippen molar-refractivity contribution in [3.63, 3.8) is 0 Å². The molecule has 1 aliphatic heterocycles. The van der Waals surface area contributed by atoms with Crippen molar-refractivity contribution in [2.24, 2.45) is 0 Å². The summed E-state index contributed by atoms with van der Waals surface area (Å²) >= 11 is 1.54. The van der Waals surface area contributed by atoms with E-state index in [-0.39, 0.29) is 24.6 Å². The van der Waals surface area contributed by atoms with Crippen molar-refractivity contribution in [2.45, 2.75) is 31.7 Å². The summed E-state index contributed by atoms with van der Waals surface area (Å²) in [4.78, 5) is 16.7. The van der Waals surface area contributed by atoms with Gasteiger partial charge in [-0.3, -0.25) is 9.48 Å². The average Bonchev–Trinajstić information content (AvgIpc) is 3.31. The lowest BCUT2D eigenvalue weighted by Crippen LogP contribution is -2.50. The SMILES string of the molecule is O=C(Cn1ncc2ccccc21)N[C@@H]1CCOC[C@H]1OCc1cscn1. The zero-order valence-electron chi connectivity index (χ0n) is 14.2. The van der Waals surface area contributed by atoms with E-state index >= 15 is 0 Å². The lowest BCUT2D eigenvalue weighted by molar-refractivity contribution is -0.127. The molecule has 2 atom stereocenters. The second kappa shape index (κ2) is 7.94. The van der Waals surface area contributed by atoms with Crippen molar-refractivity contribution in [1.29, 1.82) is 0 Å². The number of fused-ring (bicyclic) bond motifs is 1. The van der Waals surface area contributed by atoms with Crippen LogP contribution in [0.25, 0.3) is 10.9 Å². The second-order valence-corrected chi connectivity index (χ2v) is 6.95. The summed E-state index contributed by atoms with van der Waals surface area (Å²) in [5, 5.41) is 10.4. The second-order valence-electron chi connectivity index (χ2n) is 6.23. The Labute approximate surface area is 154 Å². The monoisotopic (exact) mass is 372 g/mol. The highest BCUT2D eigenvalue weighted by atomic mass is 32.1. The molecule has 0 saturated carbocycles. The molecule has 3 aromatic rings. The minimum absolute atomic E-state index is 0.0725. The van der Waals surface area contributed by atoms with Crippen molar-refractivity contribution in [2.75, 3.05) is 13.2 Å². The van der Waals surface area contributed by atoms with Crippen LogP contribution in [-0.2, 0) is 27.4 Å². The van der Waals surface area contributed by atoms with E-state index in [0.29, 0.717) is 19.8 Å². The van der Waals surface area contributed by atoms with Gasteiger partial charge in [-0.05, 0) is 12.5 Å². The predicted molar refractivity (Wildman–Crippen MR) is 97.8 cm³/mol. The van der Waals surface area contributed by atoms with Crippen LogP contribution in [0.15, 0.2) is 41.4 Å². The maximum absolute atomic E-state index is 12.5. The molecule has 26 heavy (non-hydrogen) atoms. The van der Waals surface area contributed by atoms with Crippen molar-refractivity contribution < 1.29 is 14.3 Å². The number of hydrogen-bond acceptors (Lipinski definition) is 6. The Morgan fingerprint density at radius 3 is 3.23 bits per heavy atom. The van der Waals surface area contributed by atoms with E-state index in [1.165, 1.54) is 11.3 Å². The van der Waals surface area contributed by atoms with Gasteiger partial charge in [0.05, 0.1) is 42.2 Å². The molecule has 0 unspecified atom stereocenters. The van der Waals surface area contributed by atoms with Crippen LogP contribution in [-0.4, -0.2) is 46.0 Å².